The molecule has 0 bridgehead atoms. The van der Waals surface area contributed by atoms with E-state index in [1.807, 2.05) is 11.8 Å². The van der Waals surface area contributed by atoms with Gasteiger partial charge in [-0.05, 0) is 25.0 Å². The monoisotopic (exact) mass is 188 g/mol. The second-order valence-electron chi connectivity index (χ2n) is 3.62. The van der Waals surface area contributed by atoms with Gasteiger partial charge in [0.05, 0.1) is 5.25 Å². The molecule has 0 spiro atoms. The van der Waals surface area contributed by atoms with Crippen LogP contribution in [-0.2, 0) is 4.79 Å². The summed E-state index contributed by atoms with van der Waals surface area (Å²) in [5, 5.41) is 0.248. The van der Waals surface area contributed by atoms with Crippen LogP contribution in [0.15, 0.2) is 0 Å². The van der Waals surface area contributed by atoms with E-state index in [0.717, 1.165) is 18.6 Å². The van der Waals surface area contributed by atoms with Gasteiger partial charge >= 0.3 is 0 Å². The van der Waals surface area contributed by atoms with Gasteiger partial charge in [-0.15, -0.1) is 0 Å². The number of carbonyl (C=O) groups is 1. The van der Waals surface area contributed by atoms with Gasteiger partial charge in [0.1, 0.15) is 5.78 Å². The molecule has 12 heavy (non-hydrogen) atoms. The predicted octanol–water partition coefficient (Wildman–Crippen LogP) is 3.13. The van der Waals surface area contributed by atoms with Gasteiger partial charge in [0.25, 0.3) is 0 Å². The minimum absolute atomic E-state index is 0.248. The highest BCUT2D eigenvalue weighted by Crippen LogP contribution is 2.19. The molecule has 0 saturated carbocycles. The summed E-state index contributed by atoms with van der Waals surface area (Å²) >= 11 is 1.81. The average molecular weight is 188 g/mol. The Labute approximate surface area is 80.3 Å². The number of hydrogen-bond acceptors (Lipinski definition) is 2. The van der Waals surface area contributed by atoms with Crippen LogP contribution >= 0.6 is 11.8 Å². The third kappa shape index (κ3) is 5.64. The number of hydrogen-bond donors (Lipinski definition) is 0. The first-order valence-corrected chi connectivity index (χ1v) is 5.74. The van der Waals surface area contributed by atoms with E-state index in [9.17, 15) is 4.79 Å². The Bertz CT molecular complexity index is 132. The van der Waals surface area contributed by atoms with Gasteiger partial charge in [0.2, 0.25) is 0 Å². The molecule has 1 unspecified atom stereocenters. The van der Waals surface area contributed by atoms with Crippen molar-refractivity contribution < 1.29 is 4.79 Å². The zero-order valence-electron chi connectivity index (χ0n) is 8.59. The van der Waals surface area contributed by atoms with Crippen molar-refractivity contribution in [1.82, 2.24) is 0 Å². The largest absolute Gasteiger partial charge is 0.299 e. The molecule has 1 atom stereocenters. The van der Waals surface area contributed by atoms with Crippen LogP contribution in [-0.4, -0.2) is 16.8 Å². The Morgan fingerprint density at radius 3 is 2.33 bits per heavy atom. The number of rotatable bonds is 6. The highest BCUT2D eigenvalue weighted by atomic mass is 32.2. The van der Waals surface area contributed by atoms with Crippen molar-refractivity contribution in [2.24, 2.45) is 5.92 Å². The molecule has 0 amide bonds. The third-order valence-corrected chi connectivity index (χ3v) is 3.46. The summed E-state index contributed by atoms with van der Waals surface area (Å²) in [7, 11) is 0. The molecule has 0 aromatic heterocycles. The lowest BCUT2D eigenvalue weighted by molar-refractivity contribution is -0.116. The summed E-state index contributed by atoms with van der Waals surface area (Å²) in [4.78, 5) is 11.1. The van der Waals surface area contributed by atoms with E-state index in [2.05, 4.69) is 20.8 Å². The fourth-order valence-corrected chi connectivity index (χ4v) is 2.23. The molecule has 1 nitrogen and oxygen atoms in total. The highest BCUT2D eigenvalue weighted by Gasteiger charge is 2.13. The van der Waals surface area contributed by atoms with Crippen LogP contribution in [0.1, 0.15) is 40.5 Å². The fraction of sp³-hybridized carbons (Fsp3) is 0.900. The molecule has 0 aromatic carbocycles. The average Bonchev–Trinajstić information content (AvgIpc) is 1.96. The number of carbonyl (C=O) groups excluding carboxylic acids is 1. The highest BCUT2D eigenvalue weighted by molar-refractivity contribution is 8.00. The van der Waals surface area contributed by atoms with E-state index >= 15 is 0 Å². The number of Topliss-reactive ketones (excluding diaryl/α,β-unsaturated/α-hetero) is 1. The van der Waals surface area contributed by atoms with E-state index in [1.54, 1.807) is 6.92 Å². The summed E-state index contributed by atoms with van der Waals surface area (Å²) in [6.45, 7) is 8.21. The van der Waals surface area contributed by atoms with Crippen LogP contribution in [0.5, 0.6) is 0 Å². The van der Waals surface area contributed by atoms with Gasteiger partial charge < -0.3 is 0 Å². The number of thioether (sulfide) groups is 1. The van der Waals surface area contributed by atoms with Gasteiger partial charge in [-0.2, -0.15) is 11.8 Å². The second kappa shape index (κ2) is 6.53. The maximum absolute atomic E-state index is 11.1. The van der Waals surface area contributed by atoms with Crippen molar-refractivity contribution in [2.45, 2.75) is 45.8 Å². The summed E-state index contributed by atoms with van der Waals surface area (Å²) < 4.78 is 0. The lowest BCUT2D eigenvalue weighted by atomic mass is 10.2. The zero-order chi connectivity index (χ0) is 9.56. The van der Waals surface area contributed by atoms with E-state index in [1.165, 1.54) is 0 Å². The lowest BCUT2D eigenvalue weighted by Gasteiger charge is -2.13. The van der Waals surface area contributed by atoms with E-state index < -0.39 is 0 Å². The Morgan fingerprint density at radius 1 is 1.42 bits per heavy atom. The Balaban J connectivity index is 3.71. The topological polar surface area (TPSA) is 17.1 Å². The van der Waals surface area contributed by atoms with Gasteiger partial charge in [0.15, 0.2) is 0 Å². The molecular formula is C10H20OS. The van der Waals surface area contributed by atoms with Crippen molar-refractivity contribution in [3.63, 3.8) is 0 Å². The van der Waals surface area contributed by atoms with Crippen LogP contribution in [0.4, 0.5) is 0 Å². The predicted molar refractivity (Wildman–Crippen MR) is 56.7 cm³/mol. The van der Waals surface area contributed by atoms with Crippen molar-refractivity contribution >= 4 is 17.5 Å². The standard InChI is InChI=1S/C10H20OS/c1-5-6-10(9(4)11)12-7-8(2)3/h8,10H,5-7H2,1-4H3. The minimum Gasteiger partial charge on any atom is -0.299 e. The van der Waals surface area contributed by atoms with Crippen LogP contribution in [0, 0.1) is 5.92 Å². The van der Waals surface area contributed by atoms with Crippen molar-refractivity contribution in [1.29, 1.82) is 0 Å². The normalized spacial score (nSPS) is 13.4. The van der Waals surface area contributed by atoms with Crippen molar-refractivity contribution in [3.8, 4) is 0 Å². The molecule has 0 heterocycles. The van der Waals surface area contributed by atoms with Crippen LogP contribution in [0.25, 0.3) is 0 Å². The molecule has 72 valence electrons. The second-order valence-corrected chi connectivity index (χ2v) is 4.85. The van der Waals surface area contributed by atoms with Crippen molar-refractivity contribution in [3.05, 3.63) is 0 Å². The quantitative estimate of drug-likeness (QED) is 0.637. The van der Waals surface area contributed by atoms with Crippen LogP contribution < -0.4 is 0 Å². The zero-order valence-corrected chi connectivity index (χ0v) is 9.41. The molecule has 0 radical (unpaired) electrons. The fourth-order valence-electron chi connectivity index (χ4n) is 0.975. The molecule has 0 aliphatic heterocycles. The summed E-state index contributed by atoms with van der Waals surface area (Å²) in [5.41, 5.74) is 0. The first-order valence-electron chi connectivity index (χ1n) is 4.70. The van der Waals surface area contributed by atoms with E-state index in [4.69, 9.17) is 0 Å². The minimum atomic E-state index is 0.248. The molecule has 0 N–H and O–H groups in total. The third-order valence-electron chi connectivity index (χ3n) is 1.64. The molecular weight excluding hydrogens is 168 g/mol. The molecule has 0 fully saturated rings. The lowest BCUT2D eigenvalue weighted by Crippen LogP contribution is -2.14. The van der Waals surface area contributed by atoms with Gasteiger partial charge in [-0.25, -0.2) is 0 Å². The maximum atomic E-state index is 11.1. The van der Waals surface area contributed by atoms with Gasteiger partial charge in [0, 0.05) is 0 Å². The molecule has 0 aliphatic rings. The molecule has 0 aliphatic carbocycles. The smallest absolute Gasteiger partial charge is 0.142 e. The van der Waals surface area contributed by atoms with E-state index in [0.29, 0.717) is 11.7 Å². The summed E-state index contributed by atoms with van der Waals surface area (Å²) in [6, 6.07) is 0. The Hall–Kier alpha value is 0.0200. The van der Waals surface area contributed by atoms with E-state index in [-0.39, 0.29) is 5.25 Å². The summed E-state index contributed by atoms with van der Waals surface area (Å²) in [6.07, 6.45) is 2.14. The van der Waals surface area contributed by atoms with Gasteiger partial charge in [-0.1, -0.05) is 27.2 Å². The first kappa shape index (κ1) is 12.0. The molecule has 2 heteroatoms. The molecule has 0 saturated heterocycles. The van der Waals surface area contributed by atoms with Crippen LogP contribution in [0.3, 0.4) is 0 Å². The number of ketones is 1. The van der Waals surface area contributed by atoms with Gasteiger partial charge in [-0.3, -0.25) is 4.79 Å². The SMILES string of the molecule is CCCC(SCC(C)C)C(C)=O. The Morgan fingerprint density at radius 2 is 2.00 bits per heavy atom. The molecule has 0 rings (SSSR count). The van der Waals surface area contributed by atoms with Crippen LogP contribution in [0.2, 0.25) is 0 Å². The summed E-state index contributed by atoms with van der Waals surface area (Å²) in [5.74, 6) is 2.13. The Kier molecular flexibility index (Phi) is 6.54. The molecule has 0 aromatic rings. The first-order chi connectivity index (χ1) is 5.57. The van der Waals surface area contributed by atoms with Crippen molar-refractivity contribution in [2.75, 3.05) is 5.75 Å². The maximum Gasteiger partial charge on any atom is 0.142 e.